The van der Waals surface area contributed by atoms with Crippen molar-refractivity contribution in [1.29, 1.82) is 0 Å². The number of nitrogens with one attached hydrogen (secondary N) is 2. The maximum Gasteiger partial charge on any atom is 0.269 e. The molecule has 0 bridgehead atoms. The second-order valence-electron chi connectivity index (χ2n) is 5.34. The molecule has 1 aliphatic heterocycles. The minimum atomic E-state index is -0.460. The SMILES string of the molecule is O=C(CCN1C(=O)C(=Cc2ccco2)SC1=S)NNC(=O)c1ccncc1. The third-order valence-electron chi connectivity index (χ3n) is 3.51. The van der Waals surface area contributed by atoms with Crippen molar-refractivity contribution in [3.05, 3.63) is 59.2 Å². The third-order valence-corrected chi connectivity index (χ3v) is 4.89. The maximum atomic E-state index is 12.4. The molecule has 0 unspecified atom stereocenters. The van der Waals surface area contributed by atoms with Crippen LogP contribution >= 0.6 is 24.0 Å². The molecule has 0 aromatic carbocycles. The van der Waals surface area contributed by atoms with Crippen LogP contribution in [0.1, 0.15) is 22.5 Å². The van der Waals surface area contributed by atoms with E-state index in [0.717, 1.165) is 11.8 Å². The average molecular weight is 402 g/mol. The molecule has 1 saturated heterocycles. The molecule has 3 heterocycles. The van der Waals surface area contributed by atoms with Gasteiger partial charge < -0.3 is 4.42 Å². The lowest BCUT2D eigenvalue weighted by Crippen LogP contribution is -2.43. The number of thiocarbonyl (C=S) groups is 1. The number of nitrogens with zero attached hydrogens (tertiary/aromatic N) is 2. The topological polar surface area (TPSA) is 105 Å². The third kappa shape index (κ3) is 4.80. The fourth-order valence-electron chi connectivity index (χ4n) is 2.17. The van der Waals surface area contributed by atoms with Crippen LogP contribution in [0.4, 0.5) is 0 Å². The molecule has 2 N–H and O–H groups in total. The first-order valence-electron chi connectivity index (χ1n) is 7.82. The lowest BCUT2D eigenvalue weighted by Gasteiger charge is -2.14. The molecule has 0 spiro atoms. The summed E-state index contributed by atoms with van der Waals surface area (Å²) in [6.45, 7) is 0.108. The van der Waals surface area contributed by atoms with Crippen LogP contribution < -0.4 is 10.9 Å². The van der Waals surface area contributed by atoms with E-state index in [1.165, 1.54) is 35.7 Å². The van der Waals surface area contributed by atoms with Gasteiger partial charge in [-0.1, -0.05) is 24.0 Å². The number of thioether (sulfide) groups is 1. The summed E-state index contributed by atoms with van der Waals surface area (Å²) < 4.78 is 5.56. The molecule has 1 aliphatic rings. The van der Waals surface area contributed by atoms with E-state index in [1.807, 2.05) is 0 Å². The molecule has 3 amide bonds. The molecule has 3 rings (SSSR count). The molecule has 0 saturated carbocycles. The van der Waals surface area contributed by atoms with Crippen molar-refractivity contribution in [1.82, 2.24) is 20.7 Å². The molecule has 27 heavy (non-hydrogen) atoms. The van der Waals surface area contributed by atoms with Gasteiger partial charge >= 0.3 is 0 Å². The number of hydrazine groups is 1. The number of carbonyl (C=O) groups excluding carboxylic acids is 3. The summed E-state index contributed by atoms with van der Waals surface area (Å²) in [5, 5.41) is 0. The fourth-order valence-corrected chi connectivity index (χ4v) is 3.46. The Morgan fingerprint density at radius 2 is 2.04 bits per heavy atom. The minimum Gasteiger partial charge on any atom is -0.465 e. The summed E-state index contributed by atoms with van der Waals surface area (Å²) in [5.41, 5.74) is 4.98. The maximum absolute atomic E-state index is 12.4. The monoisotopic (exact) mass is 402 g/mol. The average Bonchev–Trinajstić information content (AvgIpc) is 3.28. The molecule has 0 radical (unpaired) electrons. The molecule has 2 aromatic rings. The Morgan fingerprint density at radius 1 is 1.26 bits per heavy atom. The van der Waals surface area contributed by atoms with Crippen LogP contribution in [0.25, 0.3) is 6.08 Å². The van der Waals surface area contributed by atoms with Gasteiger partial charge in [0.2, 0.25) is 5.91 Å². The lowest BCUT2D eigenvalue weighted by atomic mass is 10.2. The van der Waals surface area contributed by atoms with Crippen molar-refractivity contribution < 1.29 is 18.8 Å². The van der Waals surface area contributed by atoms with Crippen LogP contribution in [0.3, 0.4) is 0 Å². The number of carbonyl (C=O) groups is 3. The first kappa shape index (κ1) is 18.8. The Bertz CT molecular complexity index is 897. The van der Waals surface area contributed by atoms with Crippen LogP contribution in [0.5, 0.6) is 0 Å². The smallest absolute Gasteiger partial charge is 0.269 e. The van der Waals surface area contributed by atoms with Crippen molar-refractivity contribution in [3.8, 4) is 0 Å². The van der Waals surface area contributed by atoms with Crippen LogP contribution in [0.15, 0.2) is 52.2 Å². The van der Waals surface area contributed by atoms with Gasteiger partial charge in [-0.15, -0.1) is 0 Å². The van der Waals surface area contributed by atoms with Gasteiger partial charge in [0.05, 0.1) is 11.2 Å². The quantitative estimate of drug-likeness (QED) is 0.446. The number of pyridine rings is 1. The number of hydrogen-bond acceptors (Lipinski definition) is 7. The zero-order valence-corrected chi connectivity index (χ0v) is 15.5. The van der Waals surface area contributed by atoms with E-state index in [-0.39, 0.29) is 18.9 Å². The molecular formula is C17H14N4O4S2. The summed E-state index contributed by atoms with van der Waals surface area (Å²) in [7, 11) is 0. The van der Waals surface area contributed by atoms with E-state index in [0.29, 0.717) is 20.5 Å². The molecule has 0 aliphatic carbocycles. The molecule has 0 atom stereocenters. The highest BCUT2D eigenvalue weighted by Crippen LogP contribution is 2.32. The second-order valence-corrected chi connectivity index (χ2v) is 7.01. The zero-order chi connectivity index (χ0) is 19.2. The van der Waals surface area contributed by atoms with E-state index in [9.17, 15) is 14.4 Å². The van der Waals surface area contributed by atoms with E-state index in [1.54, 1.807) is 18.2 Å². The van der Waals surface area contributed by atoms with Gasteiger partial charge in [-0.25, -0.2) is 0 Å². The van der Waals surface area contributed by atoms with Crippen LogP contribution in [0, 0.1) is 0 Å². The van der Waals surface area contributed by atoms with E-state index in [4.69, 9.17) is 16.6 Å². The van der Waals surface area contributed by atoms with Crippen LogP contribution in [-0.4, -0.2) is 38.5 Å². The normalized spacial score (nSPS) is 15.3. The first-order valence-corrected chi connectivity index (χ1v) is 9.05. The van der Waals surface area contributed by atoms with Gasteiger partial charge in [0.25, 0.3) is 11.8 Å². The Morgan fingerprint density at radius 3 is 2.74 bits per heavy atom. The summed E-state index contributed by atoms with van der Waals surface area (Å²) >= 11 is 6.35. The van der Waals surface area contributed by atoms with Gasteiger partial charge in [-0.05, 0) is 24.3 Å². The number of hydrogen-bond donors (Lipinski definition) is 2. The van der Waals surface area contributed by atoms with Crippen molar-refractivity contribution in [2.75, 3.05) is 6.54 Å². The molecule has 2 aromatic heterocycles. The largest absolute Gasteiger partial charge is 0.465 e. The summed E-state index contributed by atoms with van der Waals surface area (Å²) in [4.78, 5) is 41.8. The Balaban J connectivity index is 1.49. The molecule has 138 valence electrons. The number of furan rings is 1. The number of amides is 3. The number of rotatable bonds is 5. The molecule has 8 nitrogen and oxygen atoms in total. The predicted octanol–water partition coefficient (Wildman–Crippen LogP) is 1.73. The lowest BCUT2D eigenvalue weighted by molar-refractivity contribution is -0.124. The van der Waals surface area contributed by atoms with Crippen LogP contribution in [0.2, 0.25) is 0 Å². The number of aromatic nitrogens is 1. The minimum absolute atomic E-state index is 0.0168. The first-order chi connectivity index (χ1) is 13.0. The summed E-state index contributed by atoms with van der Waals surface area (Å²) in [5.74, 6) is -0.638. The van der Waals surface area contributed by atoms with Gasteiger partial charge in [0.1, 0.15) is 10.1 Å². The fraction of sp³-hybridized carbons (Fsp3) is 0.118. The molecule has 1 fully saturated rings. The summed E-state index contributed by atoms with van der Waals surface area (Å²) in [6.07, 6.45) is 6.05. The van der Waals surface area contributed by atoms with Gasteiger partial charge in [0.15, 0.2) is 0 Å². The van der Waals surface area contributed by atoms with Gasteiger partial charge in [-0.2, -0.15) is 0 Å². The highest BCUT2D eigenvalue weighted by Gasteiger charge is 2.32. The van der Waals surface area contributed by atoms with E-state index in [2.05, 4.69) is 15.8 Å². The van der Waals surface area contributed by atoms with E-state index < -0.39 is 11.8 Å². The second kappa shape index (κ2) is 8.60. The standard InChI is InChI=1S/C17H14N4O4S2/c22-14(19-20-15(23)11-3-6-18-7-4-11)5-8-21-16(24)13(27-17(21)26)10-12-2-1-9-25-12/h1-4,6-7,9-10H,5,8H2,(H,19,22)(H,20,23). The van der Waals surface area contributed by atoms with Crippen molar-refractivity contribution in [2.45, 2.75) is 6.42 Å². The molecular weight excluding hydrogens is 388 g/mol. The van der Waals surface area contributed by atoms with Gasteiger partial charge in [0, 0.05) is 37.0 Å². The Labute approximate surface area is 164 Å². The Hall–Kier alpha value is -2.98. The molecule has 10 heteroatoms. The predicted molar refractivity (Wildman–Crippen MR) is 103 cm³/mol. The van der Waals surface area contributed by atoms with Crippen molar-refractivity contribution in [2.24, 2.45) is 0 Å². The zero-order valence-electron chi connectivity index (χ0n) is 13.9. The highest BCUT2D eigenvalue weighted by molar-refractivity contribution is 8.26. The van der Waals surface area contributed by atoms with Gasteiger partial charge in [-0.3, -0.25) is 35.1 Å². The van der Waals surface area contributed by atoms with Crippen molar-refractivity contribution in [3.63, 3.8) is 0 Å². The Kier molecular flexibility index (Phi) is 5.99. The van der Waals surface area contributed by atoms with Crippen LogP contribution in [-0.2, 0) is 9.59 Å². The van der Waals surface area contributed by atoms with Crippen molar-refractivity contribution >= 4 is 52.1 Å². The highest BCUT2D eigenvalue weighted by atomic mass is 32.2. The summed E-state index contributed by atoms with van der Waals surface area (Å²) in [6, 6.07) is 6.49. The van der Waals surface area contributed by atoms with E-state index >= 15 is 0 Å².